The Morgan fingerprint density at radius 3 is 1.82 bits per heavy atom. The molecule has 4 aliphatic rings. The second kappa shape index (κ2) is 27.5. The SMILES string of the molecule is C=CN[C@@H](C=C)C(=O)N[C@H]1CCS[C@H]2CC(C=N)(C=N)[C@@H](C(=O)N[C@H](COCc3cn(CCOC[C@@H](NC(=O)[C@H]4N5C(=O)[C@@H](NC(=O)[C@H](C)N=CN)CCS[C@H]5CC4(C=C)C=C)c4ccccc4)nn3)c3ccccc3)N2C1=O. The van der Waals surface area contributed by atoms with Gasteiger partial charge in [0.15, 0.2) is 0 Å². The molecule has 0 aliphatic carbocycles. The maximum atomic E-state index is 14.7. The van der Waals surface area contributed by atoms with Crippen LogP contribution in [0, 0.1) is 21.6 Å². The zero-order chi connectivity index (χ0) is 56.7. The lowest BCUT2D eigenvalue weighted by molar-refractivity contribution is -0.143. The molecular formula is C55H70N14O8S2. The molecule has 9 N–H and O–H groups in total. The molecule has 4 aliphatic heterocycles. The lowest BCUT2D eigenvalue weighted by atomic mass is 9.79. The number of thioether (sulfide) groups is 2. The van der Waals surface area contributed by atoms with E-state index in [2.05, 4.69) is 68.2 Å². The predicted molar refractivity (Wildman–Crippen MR) is 304 cm³/mol. The van der Waals surface area contributed by atoms with Crippen LogP contribution in [0.25, 0.3) is 0 Å². The monoisotopic (exact) mass is 1120 g/mol. The standard InChI is InChI=1S/C55H70N14O8S2/c1-6-39(59-9-4)49(71)62-41-21-25-79-45-27-55(32-56,33-57)47(69(45)53(41)75)51(73)64-43(37-18-14-11-15-19-37)31-77-29-38-28-67(66-65-38)22-23-76-30-42(36-16-12-10-13-17-36)63-50(72)46-54(7-2,8-3)26-44-68(46)52(74)40(20-24-78-44)61-48(70)35(5)60-34-58/h6-19,28,32-35,39-47,56-57,59H,1-4,20-27,29-31H2,5H3,(H2,58,60)(H,61,70)(H,62,71)(H,63,72)(H,64,73)/t35-,39-,40-,41-,42+,43+,44-,45-,46+,47+,55?/m0/s1. The fraction of sp³-hybridized carbons (Fsp3) is 0.436. The molecule has 24 heteroatoms. The number of aromatic nitrogens is 3. The van der Waals surface area contributed by atoms with Gasteiger partial charge < -0.3 is 62.4 Å². The summed E-state index contributed by atoms with van der Waals surface area (Å²) in [7, 11) is 0. The van der Waals surface area contributed by atoms with Crippen LogP contribution in [-0.2, 0) is 51.4 Å². The van der Waals surface area contributed by atoms with E-state index >= 15 is 0 Å². The average molecular weight is 1120 g/mol. The van der Waals surface area contributed by atoms with E-state index in [1.54, 1.807) is 46.6 Å². The summed E-state index contributed by atoms with van der Waals surface area (Å²) in [5, 5.41) is 39.2. The third-order valence-electron chi connectivity index (χ3n) is 14.6. The molecule has 22 nitrogen and oxygen atoms in total. The van der Waals surface area contributed by atoms with E-state index < -0.39 is 94.1 Å². The van der Waals surface area contributed by atoms with Crippen LogP contribution >= 0.6 is 23.5 Å². The number of nitrogens with two attached hydrogens (primary N) is 1. The van der Waals surface area contributed by atoms with Crippen molar-refractivity contribution < 1.29 is 38.2 Å². The van der Waals surface area contributed by atoms with Crippen molar-refractivity contribution in [2.24, 2.45) is 21.6 Å². The number of hydrogen-bond donors (Lipinski definition) is 8. The summed E-state index contributed by atoms with van der Waals surface area (Å²) < 4.78 is 14.0. The first-order valence-corrected chi connectivity index (χ1v) is 28.1. The van der Waals surface area contributed by atoms with Gasteiger partial charge in [-0.1, -0.05) is 90.7 Å². The van der Waals surface area contributed by atoms with Crippen molar-refractivity contribution in [3.8, 4) is 0 Å². The van der Waals surface area contributed by atoms with Crippen LogP contribution < -0.4 is 32.3 Å². The highest BCUT2D eigenvalue weighted by Gasteiger charge is 2.59. The number of fused-ring (bicyclic) bond motifs is 2. The zero-order valence-electron chi connectivity index (χ0n) is 44.1. The second-order valence-electron chi connectivity index (χ2n) is 19.5. The Morgan fingerprint density at radius 1 is 0.797 bits per heavy atom. The lowest BCUT2D eigenvalue weighted by Gasteiger charge is -2.35. The Bertz CT molecular complexity index is 2730. The number of aliphatic imine (C=N–C) groups is 1. The molecule has 3 aromatic rings. The van der Waals surface area contributed by atoms with Gasteiger partial charge in [0.05, 0.1) is 73.8 Å². The topological polar surface area (TPSA) is 304 Å². The highest BCUT2D eigenvalue weighted by Crippen LogP contribution is 2.49. The summed E-state index contributed by atoms with van der Waals surface area (Å²) in [6.07, 6.45) is 12.2. The summed E-state index contributed by atoms with van der Waals surface area (Å²) in [5.41, 5.74) is 5.01. The van der Waals surface area contributed by atoms with Crippen LogP contribution in [-0.4, -0.2) is 157 Å². The summed E-state index contributed by atoms with van der Waals surface area (Å²) >= 11 is 2.98. The molecule has 0 saturated carbocycles. The van der Waals surface area contributed by atoms with Gasteiger partial charge in [-0.2, -0.15) is 0 Å². The molecule has 4 saturated heterocycles. The molecule has 6 amide bonds. The molecule has 0 radical (unpaired) electrons. The van der Waals surface area contributed by atoms with Crippen LogP contribution in [0.1, 0.15) is 61.5 Å². The van der Waals surface area contributed by atoms with Crippen molar-refractivity contribution in [1.29, 1.82) is 10.8 Å². The number of rotatable bonds is 27. The molecule has 79 heavy (non-hydrogen) atoms. The van der Waals surface area contributed by atoms with Gasteiger partial charge in [0, 0.05) is 17.8 Å². The molecule has 1 aromatic heterocycles. The Labute approximate surface area is 468 Å². The highest BCUT2D eigenvalue weighted by molar-refractivity contribution is 8.00. The van der Waals surface area contributed by atoms with Crippen molar-refractivity contribution in [3.05, 3.63) is 134 Å². The average Bonchev–Trinajstić information content (AvgIpc) is 4.34. The van der Waals surface area contributed by atoms with Crippen LogP contribution in [0.3, 0.4) is 0 Å². The van der Waals surface area contributed by atoms with Gasteiger partial charge in [0.25, 0.3) is 0 Å². The van der Waals surface area contributed by atoms with E-state index in [0.717, 1.165) is 24.3 Å². The maximum Gasteiger partial charge on any atom is 0.247 e. The zero-order valence-corrected chi connectivity index (χ0v) is 45.7. The Balaban J connectivity index is 0.981. The quantitative estimate of drug-likeness (QED) is 0.0236. The van der Waals surface area contributed by atoms with E-state index in [0.29, 0.717) is 42.0 Å². The smallest absolute Gasteiger partial charge is 0.247 e. The van der Waals surface area contributed by atoms with Gasteiger partial charge in [-0.25, -0.2) is 4.68 Å². The minimum absolute atomic E-state index is 0.0136. The molecule has 0 spiro atoms. The molecule has 2 aromatic carbocycles. The van der Waals surface area contributed by atoms with Gasteiger partial charge >= 0.3 is 0 Å². The number of benzene rings is 2. The van der Waals surface area contributed by atoms with E-state index in [1.165, 1.54) is 28.9 Å². The number of ether oxygens (including phenoxy) is 2. The van der Waals surface area contributed by atoms with E-state index in [4.69, 9.17) is 26.0 Å². The summed E-state index contributed by atoms with van der Waals surface area (Å²) in [5.74, 6) is -1.80. The minimum atomic E-state index is -1.41. The Hall–Kier alpha value is -7.41. The van der Waals surface area contributed by atoms with E-state index in [-0.39, 0.29) is 50.7 Å². The largest absolute Gasteiger partial charge is 0.390 e. The Kier molecular flexibility index (Phi) is 20.6. The third kappa shape index (κ3) is 13.5. The second-order valence-corrected chi connectivity index (χ2v) is 22.1. The van der Waals surface area contributed by atoms with Gasteiger partial charge in [-0.15, -0.1) is 48.4 Å². The maximum absolute atomic E-state index is 14.7. The normalized spacial score (nSPS) is 24.9. The molecule has 420 valence electrons. The van der Waals surface area contributed by atoms with Gasteiger partial charge in [-0.3, -0.25) is 33.8 Å². The van der Waals surface area contributed by atoms with Crippen molar-refractivity contribution in [3.63, 3.8) is 0 Å². The first kappa shape index (κ1) is 59.3. The first-order chi connectivity index (χ1) is 38.2. The molecule has 10 atom stereocenters. The van der Waals surface area contributed by atoms with Gasteiger partial charge in [0.1, 0.15) is 41.9 Å². The molecule has 0 bridgehead atoms. The van der Waals surface area contributed by atoms with Gasteiger partial charge in [-0.05, 0) is 61.4 Å². The lowest BCUT2D eigenvalue weighted by Crippen LogP contribution is -2.59. The number of amides is 6. The summed E-state index contributed by atoms with van der Waals surface area (Å²) in [6.45, 7) is 17.5. The highest BCUT2D eigenvalue weighted by atomic mass is 32.2. The van der Waals surface area contributed by atoms with Crippen LogP contribution in [0.4, 0.5) is 0 Å². The molecular weight excluding hydrogens is 1050 g/mol. The van der Waals surface area contributed by atoms with Crippen LogP contribution in [0.2, 0.25) is 0 Å². The van der Waals surface area contributed by atoms with Crippen molar-refractivity contribution >= 4 is 77.7 Å². The van der Waals surface area contributed by atoms with Crippen molar-refractivity contribution in [2.45, 2.75) is 105 Å². The fourth-order valence-corrected chi connectivity index (χ4v) is 13.2. The summed E-state index contributed by atoms with van der Waals surface area (Å²) in [6, 6.07) is 11.3. The number of nitrogens with zero attached hydrogens (tertiary/aromatic N) is 6. The molecule has 4 fully saturated rings. The third-order valence-corrected chi connectivity index (χ3v) is 17.1. The van der Waals surface area contributed by atoms with Crippen LogP contribution in [0.5, 0.6) is 0 Å². The number of carbonyl (C=O) groups excluding carboxylic acids is 6. The molecule has 7 rings (SSSR count). The van der Waals surface area contributed by atoms with Crippen LogP contribution in [0.15, 0.2) is 123 Å². The Morgan fingerprint density at radius 2 is 1.32 bits per heavy atom. The minimum Gasteiger partial charge on any atom is -0.390 e. The van der Waals surface area contributed by atoms with Crippen molar-refractivity contribution in [2.75, 3.05) is 31.3 Å². The van der Waals surface area contributed by atoms with E-state index in [1.807, 2.05) is 60.7 Å². The van der Waals surface area contributed by atoms with Crippen molar-refractivity contribution in [1.82, 2.24) is 51.4 Å². The molecule has 5 heterocycles. The van der Waals surface area contributed by atoms with Gasteiger partial charge in [0.2, 0.25) is 35.4 Å². The fourth-order valence-electron chi connectivity index (χ4n) is 10.3. The molecule has 0 unspecified atom stereocenters. The number of nitrogens with one attached hydrogen (secondary N) is 7. The van der Waals surface area contributed by atoms with E-state index in [9.17, 15) is 28.8 Å². The number of hydrogen-bond acceptors (Lipinski definition) is 16. The first-order valence-electron chi connectivity index (χ1n) is 26.0. The number of carbonyl (C=O) groups is 6. The summed E-state index contributed by atoms with van der Waals surface area (Å²) in [4.78, 5) is 91.1. The predicted octanol–water partition coefficient (Wildman–Crippen LogP) is 2.93.